The monoisotopic (exact) mass is 381 g/mol. The van der Waals surface area contributed by atoms with E-state index in [1.54, 1.807) is 32.5 Å². The van der Waals surface area contributed by atoms with Crippen LogP contribution in [0.5, 0.6) is 0 Å². The van der Waals surface area contributed by atoms with Crippen molar-refractivity contribution in [3.8, 4) is 0 Å². The predicted molar refractivity (Wildman–Crippen MR) is 101 cm³/mol. The molecule has 1 aliphatic heterocycles. The lowest BCUT2D eigenvalue weighted by atomic mass is 9.72. The summed E-state index contributed by atoms with van der Waals surface area (Å²) in [6, 6.07) is 8.37. The second kappa shape index (κ2) is 8.31. The highest BCUT2D eigenvalue weighted by molar-refractivity contribution is 7.99. The molecule has 1 amide bonds. The molecule has 26 heavy (non-hydrogen) atoms. The first-order chi connectivity index (χ1) is 12.2. The molecule has 0 bridgehead atoms. The second-order valence-electron chi connectivity index (χ2n) is 7.38. The van der Waals surface area contributed by atoms with Crippen LogP contribution in [0.1, 0.15) is 38.8 Å². The van der Waals surface area contributed by atoms with Crippen LogP contribution in [0.2, 0.25) is 0 Å². The molecule has 144 valence electrons. The van der Waals surface area contributed by atoms with E-state index in [2.05, 4.69) is 5.32 Å². The van der Waals surface area contributed by atoms with E-state index in [1.807, 2.05) is 30.3 Å². The number of methoxy groups -OCH3 is 1. The number of benzene rings is 1. The number of thioether (sulfide) groups is 1. The summed E-state index contributed by atoms with van der Waals surface area (Å²) in [6.07, 6.45) is -1.13. The van der Waals surface area contributed by atoms with E-state index in [4.69, 9.17) is 9.47 Å². The number of nitrogens with one attached hydrogen (secondary N) is 1. The highest BCUT2D eigenvalue weighted by atomic mass is 32.2. The summed E-state index contributed by atoms with van der Waals surface area (Å²) in [5.74, 6) is 0.548. The van der Waals surface area contributed by atoms with Gasteiger partial charge in [0.05, 0.1) is 19.3 Å². The number of hydrogen-bond donors (Lipinski definition) is 2. The third-order valence-electron chi connectivity index (χ3n) is 4.35. The molecule has 0 aromatic heterocycles. The maximum Gasteiger partial charge on any atom is 0.408 e. The van der Waals surface area contributed by atoms with Crippen molar-refractivity contribution >= 4 is 23.8 Å². The van der Waals surface area contributed by atoms with Gasteiger partial charge in [-0.2, -0.15) is 11.8 Å². The molecular formula is C19H27NO5S. The van der Waals surface area contributed by atoms with Crippen LogP contribution in [0, 0.1) is 5.41 Å². The fourth-order valence-electron chi connectivity index (χ4n) is 3.15. The lowest BCUT2D eigenvalue weighted by Crippen LogP contribution is -2.57. The Labute approximate surface area is 158 Å². The lowest BCUT2D eigenvalue weighted by Gasteiger charge is -2.44. The third kappa shape index (κ3) is 4.51. The van der Waals surface area contributed by atoms with Gasteiger partial charge in [-0.25, -0.2) is 4.79 Å². The topological polar surface area (TPSA) is 84.9 Å². The summed E-state index contributed by atoms with van der Waals surface area (Å²) in [4.78, 5) is 25.3. The van der Waals surface area contributed by atoms with Crippen LogP contribution in [0.15, 0.2) is 30.3 Å². The number of rotatable bonds is 4. The molecule has 1 heterocycles. The molecule has 2 rings (SSSR count). The second-order valence-corrected chi connectivity index (χ2v) is 8.48. The first kappa shape index (κ1) is 20.6. The van der Waals surface area contributed by atoms with Crippen molar-refractivity contribution in [2.75, 3.05) is 18.6 Å². The minimum atomic E-state index is -1.28. The summed E-state index contributed by atoms with van der Waals surface area (Å²) < 4.78 is 10.4. The minimum Gasteiger partial charge on any atom is -0.468 e. The van der Waals surface area contributed by atoms with Gasteiger partial charge in [-0.05, 0) is 38.5 Å². The number of carbonyl (C=O) groups is 2. The highest BCUT2D eigenvalue weighted by Gasteiger charge is 2.55. The fraction of sp³-hybridized carbons (Fsp3) is 0.579. The van der Waals surface area contributed by atoms with E-state index < -0.39 is 35.2 Å². The van der Waals surface area contributed by atoms with Gasteiger partial charge in [0.1, 0.15) is 11.0 Å². The molecule has 0 spiro atoms. The van der Waals surface area contributed by atoms with E-state index in [9.17, 15) is 14.7 Å². The van der Waals surface area contributed by atoms with Crippen LogP contribution >= 0.6 is 11.8 Å². The summed E-state index contributed by atoms with van der Waals surface area (Å²) in [5.41, 5.74) is -1.25. The zero-order chi connectivity index (χ0) is 19.4. The van der Waals surface area contributed by atoms with Gasteiger partial charge in [-0.15, -0.1) is 0 Å². The maximum absolute atomic E-state index is 12.8. The van der Waals surface area contributed by atoms with Gasteiger partial charge in [0.15, 0.2) is 0 Å². The molecule has 1 aromatic carbocycles. The van der Waals surface area contributed by atoms with Gasteiger partial charge in [0.25, 0.3) is 0 Å². The maximum atomic E-state index is 12.8. The molecule has 0 radical (unpaired) electrons. The molecule has 0 unspecified atom stereocenters. The zero-order valence-electron chi connectivity index (χ0n) is 15.7. The number of ether oxygens (including phenoxy) is 2. The van der Waals surface area contributed by atoms with Crippen LogP contribution in [-0.4, -0.2) is 47.5 Å². The van der Waals surface area contributed by atoms with Crippen LogP contribution in [-0.2, 0) is 14.3 Å². The van der Waals surface area contributed by atoms with Crippen LogP contribution < -0.4 is 5.32 Å². The van der Waals surface area contributed by atoms with Crippen molar-refractivity contribution in [2.24, 2.45) is 5.41 Å². The van der Waals surface area contributed by atoms with Gasteiger partial charge >= 0.3 is 12.1 Å². The summed E-state index contributed by atoms with van der Waals surface area (Å²) in [6.45, 7) is 5.31. The van der Waals surface area contributed by atoms with Crippen LogP contribution in [0.25, 0.3) is 0 Å². The first-order valence-corrected chi connectivity index (χ1v) is 9.75. The average Bonchev–Trinajstić information content (AvgIpc) is 2.59. The van der Waals surface area contributed by atoms with Crippen molar-refractivity contribution in [3.05, 3.63) is 35.9 Å². The summed E-state index contributed by atoms with van der Waals surface area (Å²) in [7, 11) is 1.30. The Morgan fingerprint density at radius 1 is 1.31 bits per heavy atom. The van der Waals surface area contributed by atoms with E-state index in [-0.39, 0.29) is 0 Å². The smallest absolute Gasteiger partial charge is 0.408 e. The Bertz CT molecular complexity index is 631. The van der Waals surface area contributed by atoms with E-state index in [0.717, 1.165) is 5.75 Å². The molecule has 6 nitrogen and oxygen atoms in total. The highest BCUT2D eigenvalue weighted by Crippen LogP contribution is 2.45. The molecule has 0 aliphatic carbocycles. The number of aliphatic hydroxyl groups is 1. The molecule has 0 saturated carbocycles. The van der Waals surface area contributed by atoms with Gasteiger partial charge < -0.3 is 19.9 Å². The Morgan fingerprint density at radius 2 is 1.96 bits per heavy atom. The van der Waals surface area contributed by atoms with Gasteiger partial charge in [-0.1, -0.05) is 30.3 Å². The van der Waals surface area contributed by atoms with Crippen molar-refractivity contribution in [1.29, 1.82) is 0 Å². The average molecular weight is 381 g/mol. The molecule has 3 atom stereocenters. The number of hydrogen-bond acceptors (Lipinski definition) is 6. The summed E-state index contributed by atoms with van der Waals surface area (Å²) >= 11 is 1.56. The fourth-order valence-corrected chi connectivity index (χ4v) is 4.50. The molecule has 1 fully saturated rings. The predicted octanol–water partition coefficient (Wildman–Crippen LogP) is 2.91. The Kier molecular flexibility index (Phi) is 6.58. The largest absolute Gasteiger partial charge is 0.468 e. The first-order valence-electron chi connectivity index (χ1n) is 8.59. The number of alkyl carbamates (subject to hydrolysis) is 1. The zero-order valence-corrected chi connectivity index (χ0v) is 16.5. The van der Waals surface area contributed by atoms with Crippen molar-refractivity contribution in [3.63, 3.8) is 0 Å². The summed E-state index contributed by atoms with van der Waals surface area (Å²) in [5, 5.41) is 13.6. The van der Waals surface area contributed by atoms with Crippen molar-refractivity contribution in [1.82, 2.24) is 5.32 Å². The Balaban J connectivity index is 2.46. The molecule has 2 N–H and O–H groups in total. The lowest BCUT2D eigenvalue weighted by molar-refractivity contribution is -0.162. The van der Waals surface area contributed by atoms with Gasteiger partial charge in [0, 0.05) is 5.75 Å². The van der Waals surface area contributed by atoms with Crippen LogP contribution in [0.4, 0.5) is 4.79 Å². The minimum absolute atomic E-state index is 0.343. The van der Waals surface area contributed by atoms with Gasteiger partial charge in [-0.3, -0.25) is 4.79 Å². The SMILES string of the molecule is COC(=O)[C@]1([C@H](NC(=O)OC(C)(C)C)c2ccccc2)CSCC[C@H]1O. The van der Waals surface area contributed by atoms with Crippen LogP contribution in [0.3, 0.4) is 0 Å². The standard InChI is InChI=1S/C19H27NO5S/c1-18(2,3)25-17(23)20-15(13-8-6-5-7-9-13)19(16(22)24-4)12-26-11-10-14(19)21/h5-9,14-15,21H,10-12H2,1-4H3,(H,20,23)/t14-,15-,19-/m1/s1. The van der Waals surface area contributed by atoms with Gasteiger partial charge in [0.2, 0.25) is 0 Å². The Hall–Kier alpha value is -1.73. The number of amides is 1. The van der Waals surface area contributed by atoms with E-state index >= 15 is 0 Å². The molecular weight excluding hydrogens is 354 g/mol. The third-order valence-corrected chi connectivity index (χ3v) is 5.55. The molecule has 1 saturated heterocycles. The Morgan fingerprint density at radius 3 is 2.50 bits per heavy atom. The number of esters is 1. The van der Waals surface area contributed by atoms with E-state index in [0.29, 0.717) is 17.7 Å². The normalized spacial score (nSPS) is 24.4. The number of aliphatic hydroxyl groups excluding tert-OH is 1. The molecule has 1 aromatic rings. The quantitative estimate of drug-likeness (QED) is 0.780. The number of carbonyl (C=O) groups excluding carboxylic acids is 2. The molecule has 7 heteroatoms. The van der Waals surface area contributed by atoms with Crippen molar-refractivity contribution < 1.29 is 24.2 Å². The molecule has 1 aliphatic rings. The van der Waals surface area contributed by atoms with Crippen molar-refractivity contribution in [2.45, 2.75) is 44.9 Å². The van der Waals surface area contributed by atoms with E-state index in [1.165, 1.54) is 7.11 Å².